The van der Waals surface area contributed by atoms with Crippen molar-refractivity contribution in [3.63, 3.8) is 0 Å². The minimum atomic E-state index is 0.397. The normalized spacial score (nSPS) is 19.2. The van der Waals surface area contributed by atoms with Crippen molar-refractivity contribution < 1.29 is 4.74 Å². The second-order valence-electron chi connectivity index (χ2n) is 5.99. The summed E-state index contributed by atoms with van der Waals surface area (Å²) in [6, 6.07) is 0. The number of likely N-dealkylation sites (tertiary alicyclic amines) is 1. The Kier molecular flexibility index (Phi) is 6.47. The molecule has 1 fully saturated rings. The highest BCUT2D eigenvalue weighted by Gasteiger charge is 2.42. The number of nitrogens with zero attached hydrogens (tertiary/aromatic N) is 2. The van der Waals surface area contributed by atoms with Crippen LogP contribution in [0.3, 0.4) is 0 Å². The van der Waals surface area contributed by atoms with E-state index in [1.54, 1.807) is 13.3 Å². The van der Waals surface area contributed by atoms with Crippen molar-refractivity contribution in [2.75, 3.05) is 26.8 Å². The van der Waals surface area contributed by atoms with Crippen molar-refractivity contribution in [1.82, 2.24) is 4.90 Å². The molecule has 0 N–H and O–H groups in total. The fourth-order valence-electron chi connectivity index (χ4n) is 2.94. The van der Waals surface area contributed by atoms with E-state index >= 15 is 0 Å². The SMILES string of the molecule is C=CN=C(/C(=C\C)C(C)C)N1CC(CC)(CCOC)C1. The molecule has 1 rings (SSSR count). The lowest BCUT2D eigenvalue weighted by molar-refractivity contribution is 0.0198. The van der Waals surface area contributed by atoms with Crippen LogP contribution in [0.4, 0.5) is 0 Å². The highest BCUT2D eigenvalue weighted by molar-refractivity contribution is 5.99. The molecule has 0 bridgehead atoms. The van der Waals surface area contributed by atoms with Crippen LogP contribution in [0.15, 0.2) is 29.4 Å². The monoisotopic (exact) mass is 278 g/mol. The van der Waals surface area contributed by atoms with Crippen molar-refractivity contribution in [2.24, 2.45) is 16.3 Å². The molecule has 1 heterocycles. The molecule has 0 spiro atoms. The zero-order chi connectivity index (χ0) is 15.2. The molecule has 0 saturated carbocycles. The molecule has 1 saturated heterocycles. The first-order chi connectivity index (χ1) is 9.53. The molecular weight excluding hydrogens is 248 g/mol. The molecule has 0 aromatic heterocycles. The molecule has 0 radical (unpaired) electrons. The summed E-state index contributed by atoms with van der Waals surface area (Å²) in [5, 5.41) is 0. The van der Waals surface area contributed by atoms with Crippen LogP contribution in [-0.2, 0) is 4.74 Å². The summed E-state index contributed by atoms with van der Waals surface area (Å²) in [5.41, 5.74) is 1.70. The van der Waals surface area contributed by atoms with Gasteiger partial charge in [0.1, 0.15) is 5.84 Å². The lowest BCUT2D eigenvalue weighted by Crippen LogP contribution is -2.59. The third kappa shape index (κ3) is 3.72. The first-order valence-corrected chi connectivity index (χ1v) is 7.62. The van der Waals surface area contributed by atoms with Crippen LogP contribution >= 0.6 is 0 Å². The van der Waals surface area contributed by atoms with Gasteiger partial charge in [0.25, 0.3) is 0 Å². The van der Waals surface area contributed by atoms with Gasteiger partial charge < -0.3 is 9.64 Å². The predicted molar refractivity (Wildman–Crippen MR) is 87.0 cm³/mol. The zero-order valence-corrected chi connectivity index (χ0v) is 13.8. The summed E-state index contributed by atoms with van der Waals surface area (Å²) >= 11 is 0. The van der Waals surface area contributed by atoms with E-state index in [0.29, 0.717) is 11.3 Å². The molecule has 3 heteroatoms. The molecule has 1 aliphatic heterocycles. The van der Waals surface area contributed by atoms with Gasteiger partial charge in [0.05, 0.1) is 0 Å². The lowest BCUT2D eigenvalue weighted by Gasteiger charge is -2.52. The van der Waals surface area contributed by atoms with Gasteiger partial charge in [0, 0.05) is 38.4 Å². The number of amidine groups is 1. The van der Waals surface area contributed by atoms with Crippen LogP contribution in [0.1, 0.15) is 40.5 Å². The summed E-state index contributed by atoms with van der Waals surface area (Å²) < 4.78 is 5.25. The van der Waals surface area contributed by atoms with E-state index in [0.717, 1.165) is 32.0 Å². The quantitative estimate of drug-likeness (QED) is 0.521. The van der Waals surface area contributed by atoms with Crippen LogP contribution in [0.25, 0.3) is 0 Å². The van der Waals surface area contributed by atoms with Gasteiger partial charge in [-0.15, -0.1) is 0 Å². The average Bonchev–Trinajstić information content (AvgIpc) is 2.38. The number of aliphatic imine (C=N–C) groups is 1. The second kappa shape index (κ2) is 7.63. The predicted octanol–water partition coefficient (Wildman–Crippen LogP) is 3.88. The highest BCUT2D eigenvalue weighted by Crippen LogP contribution is 2.38. The van der Waals surface area contributed by atoms with E-state index in [1.807, 2.05) is 0 Å². The van der Waals surface area contributed by atoms with Crippen molar-refractivity contribution in [2.45, 2.75) is 40.5 Å². The van der Waals surface area contributed by atoms with Crippen molar-refractivity contribution >= 4 is 5.84 Å². The Bertz CT molecular complexity index is 376. The third-order valence-electron chi connectivity index (χ3n) is 4.34. The van der Waals surface area contributed by atoms with Crippen molar-refractivity contribution in [3.8, 4) is 0 Å². The van der Waals surface area contributed by atoms with Gasteiger partial charge in [-0.2, -0.15) is 0 Å². The van der Waals surface area contributed by atoms with E-state index in [1.165, 1.54) is 12.0 Å². The highest BCUT2D eigenvalue weighted by atomic mass is 16.5. The molecule has 20 heavy (non-hydrogen) atoms. The first-order valence-electron chi connectivity index (χ1n) is 7.62. The van der Waals surface area contributed by atoms with Gasteiger partial charge in [0.15, 0.2) is 0 Å². The average molecular weight is 278 g/mol. The van der Waals surface area contributed by atoms with Crippen molar-refractivity contribution in [1.29, 1.82) is 0 Å². The fraction of sp³-hybridized carbons (Fsp3) is 0.706. The van der Waals surface area contributed by atoms with Crippen LogP contribution in [0.5, 0.6) is 0 Å². The third-order valence-corrected chi connectivity index (χ3v) is 4.34. The smallest absolute Gasteiger partial charge is 0.131 e. The molecule has 0 unspecified atom stereocenters. The van der Waals surface area contributed by atoms with Crippen LogP contribution < -0.4 is 0 Å². The Balaban J connectivity index is 2.79. The fourth-order valence-corrected chi connectivity index (χ4v) is 2.94. The summed E-state index contributed by atoms with van der Waals surface area (Å²) in [6.45, 7) is 15.5. The maximum atomic E-state index is 5.25. The van der Waals surface area contributed by atoms with E-state index in [2.05, 4.69) is 50.2 Å². The Hall–Kier alpha value is -1.09. The molecule has 0 aliphatic carbocycles. The molecule has 114 valence electrons. The summed E-state index contributed by atoms with van der Waals surface area (Å²) in [5.74, 6) is 1.58. The second-order valence-corrected chi connectivity index (χ2v) is 5.99. The van der Waals surface area contributed by atoms with E-state index in [4.69, 9.17) is 4.74 Å². The number of methoxy groups -OCH3 is 1. The van der Waals surface area contributed by atoms with Crippen LogP contribution in [0, 0.1) is 11.3 Å². The minimum absolute atomic E-state index is 0.397. The van der Waals surface area contributed by atoms with Gasteiger partial charge in [-0.25, -0.2) is 4.99 Å². The van der Waals surface area contributed by atoms with Crippen molar-refractivity contribution in [3.05, 3.63) is 24.4 Å². The van der Waals surface area contributed by atoms with E-state index in [9.17, 15) is 0 Å². The lowest BCUT2D eigenvalue weighted by atomic mass is 9.74. The topological polar surface area (TPSA) is 24.8 Å². The molecule has 0 atom stereocenters. The molecule has 3 nitrogen and oxygen atoms in total. The van der Waals surface area contributed by atoms with E-state index in [-0.39, 0.29) is 0 Å². The number of ether oxygens (including phenoxy) is 1. The number of allylic oxidation sites excluding steroid dienone is 1. The number of hydrogen-bond donors (Lipinski definition) is 0. The Morgan fingerprint density at radius 3 is 2.50 bits per heavy atom. The maximum Gasteiger partial charge on any atom is 0.131 e. The molecular formula is C17H30N2O. The largest absolute Gasteiger partial charge is 0.385 e. The summed E-state index contributed by atoms with van der Waals surface area (Å²) in [7, 11) is 1.78. The van der Waals surface area contributed by atoms with Gasteiger partial charge in [-0.3, -0.25) is 0 Å². The standard InChI is InChI=1S/C17H30N2O/c1-7-15(14(4)5)16(18-9-3)19-12-17(8-2,13-19)10-11-20-6/h7,9,14H,3,8,10-13H2,1-2,4-6H3/b15-7-,18-16?. The first kappa shape index (κ1) is 17.0. The molecule has 0 aromatic rings. The zero-order valence-electron chi connectivity index (χ0n) is 13.8. The van der Waals surface area contributed by atoms with E-state index < -0.39 is 0 Å². The Labute approximate surface area is 124 Å². The maximum absolute atomic E-state index is 5.25. The minimum Gasteiger partial charge on any atom is -0.385 e. The van der Waals surface area contributed by atoms with Gasteiger partial charge in [0.2, 0.25) is 0 Å². The molecule has 0 amide bonds. The van der Waals surface area contributed by atoms with Gasteiger partial charge in [-0.05, 0) is 31.3 Å². The summed E-state index contributed by atoms with van der Waals surface area (Å²) in [6.07, 6.45) is 6.15. The Morgan fingerprint density at radius 2 is 2.10 bits per heavy atom. The number of rotatable bonds is 7. The van der Waals surface area contributed by atoms with Gasteiger partial charge >= 0.3 is 0 Å². The molecule has 1 aliphatic rings. The Morgan fingerprint density at radius 1 is 1.45 bits per heavy atom. The van der Waals surface area contributed by atoms with Crippen LogP contribution in [0.2, 0.25) is 0 Å². The summed E-state index contributed by atoms with van der Waals surface area (Å²) in [4.78, 5) is 6.91. The number of hydrogen-bond acceptors (Lipinski definition) is 2. The van der Waals surface area contributed by atoms with Crippen LogP contribution in [-0.4, -0.2) is 37.5 Å². The van der Waals surface area contributed by atoms with Gasteiger partial charge in [-0.1, -0.05) is 33.4 Å². The molecule has 0 aromatic carbocycles.